The summed E-state index contributed by atoms with van der Waals surface area (Å²) in [5, 5.41) is 13.2. The van der Waals surface area contributed by atoms with Crippen LogP contribution in [-0.2, 0) is 0 Å². The molecule has 0 aliphatic rings. The minimum Gasteiger partial charge on any atom is -0.491 e. The lowest BCUT2D eigenvalue weighted by Crippen LogP contribution is -2.33. The average molecular weight is 271 g/mol. The average Bonchev–Trinajstić information content (AvgIpc) is 2.52. The molecule has 2 aromatic rings. The third-order valence-corrected chi connectivity index (χ3v) is 3.14. The molecule has 0 aliphatic heterocycles. The molecule has 2 unspecified atom stereocenters. The van der Waals surface area contributed by atoms with Crippen LogP contribution < -0.4 is 10.1 Å². The van der Waals surface area contributed by atoms with Gasteiger partial charge >= 0.3 is 0 Å². The van der Waals surface area contributed by atoms with Crippen molar-refractivity contribution in [2.24, 2.45) is 0 Å². The normalized spacial score (nSPS) is 13.7. The van der Waals surface area contributed by atoms with Crippen LogP contribution in [0.1, 0.15) is 18.5 Å². The lowest BCUT2D eigenvalue weighted by atomic mass is 10.1. The van der Waals surface area contributed by atoms with Gasteiger partial charge in [-0.3, -0.25) is 0 Å². The van der Waals surface area contributed by atoms with E-state index in [0.717, 1.165) is 5.75 Å². The molecular weight excluding hydrogens is 250 g/mol. The molecule has 0 radical (unpaired) electrons. The third-order valence-electron chi connectivity index (χ3n) is 3.14. The summed E-state index contributed by atoms with van der Waals surface area (Å²) in [6, 6.07) is 19.9. The van der Waals surface area contributed by atoms with Gasteiger partial charge in [0.1, 0.15) is 18.5 Å². The maximum atomic E-state index is 9.92. The molecule has 2 aromatic carbocycles. The van der Waals surface area contributed by atoms with Crippen molar-refractivity contribution in [2.75, 3.05) is 13.2 Å². The van der Waals surface area contributed by atoms with Crippen LogP contribution in [0.3, 0.4) is 0 Å². The molecule has 20 heavy (non-hydrogen) atoms. The Labute approximate surface area is 120 Å². The Morgan fingerprint density at radius 3 is 2.25 bits per heavy atom. The summed E-state index contributed by atoms with van der Waals surface area (Å²) in [5.41, 5.74) is 1.21. The van der Waals surface area contributed by atoms with E-state index in [1.165, 1.54) is 5.56 Å². The standard InChI is InChI=1S/C17H21NO2/c1-14(15-8-4-2-5-9-15)18-12-16(19)13-20-17-10-6-3-7-11-17/h2-11,14,16,18-19H,12-13H2,1H3. The van der Waals surface area contributed by atoms with Crippen molar-refractivity contribution >= 4 is 0 Å². The summed E-state index contributed by atoms with van der Waals surface area (Å²) < 4.78 is 5.52. The summed E-state index contributed by atoms with van der Waals surface area (Å²) in [6.45, 7) is 2.88. The van der Waals surface area contributed by atoms with Crippen LogP contribution in [0.25, 0.3) is 0 Å². The largest absolute Gasteiger partial charge is 0.491 e. The van der Waals surface area contributed by atoms with Crippen LogP contribution in [0, 0.1) is 0 Å². The van der Waals surface area contributed by atoms with Gasteiger partial charge in [-0.15, -0.1) is 0 Å². The Hall–Kier alpha value is -1.84. The van der Waals surface area contributed by atoms with Crippen molar-refractivity contribution in [2.45, 2.75) is 19.1 Å². The Morgan fingerprint density at radius 2 is 1.60 bits per heavy atom. The van der Waals surface area contributed by atoms with Crippen molar-refractivity contribution < 1.29 is 9.84 Å². The number of hydrogen-bond donors (Lipinski definition) is 2. The lowest BCUT2D eigenvalue weighted by Gasteiger charge is -2.18. The zero-order valence-electron chi connectivity index (χ0n) is 11.7. The van der Waals surface area contributed by atoms with Gasteiger partial charge in [0, 0.05) is 12.6 Å². The topological polar surface area (TPSA) is 41.5 Å². The Bertz CT molecular complexity index is 487. The summed E-state index contributed by atoms with van der Waals surface area (Å²) in [4.78, 5) is 0. The van der Waals surface area contributed by atoms with Crippen molar-refractivity contribution in [3.8, 4) is 5.75 Å². The van der Waals surface area contributed by atoms with E-state index in [9.17, 15) is 5.11 Å². The van der Waals surface area contributed by atoms with Gasteiger partial charge in [0.15, 0.2) is 0 Å². The SMILES string of the molecule is CC(NCC(O)COc1ccccc1)c1ccccc1. The predicted molar refractivity (Wildman–Crippen MR) is 80.8 cm³/mol. The third kappa shape index (κ3) is 4.68. The molecule has 3 heteroatoms. The molecule has 2 N–H and O–H groups in total. The summed E-state index contributed by atoms with van der Waals surface area (Å²) >= 11 is 0. The summed E-state index contributed by atoms with van der Waals surface area (Å²) in [7, 11) is 0. The first-order valence-corrected chi connectivity index (χ1v) is 6.90. The van der Waals surface area contributed by atoms with E-state index in [1.807, 2.05) is 48.5 Å². The highest BCUT2D eigenvalue weighted by Gasteiger charge is 2.09. The van der Waals surface area contributed by atoms with Gasteiger partial charge in [-0.25, -0.2) is 0 Å². The lowest BCUT2D eigenvalue weighted by molar-refractivity contribution is 0.104. The monoisotopic (exact) mass is 271 g/mol. The Morgan fingerprint density at radius 1 is 1.00 bits per heavy atom. The maximum absolute atomic E-state index is 9.92. The molecule has 0 bridgehead atoms. The zero-order chi connectivity index (χ0) is 14.2. The van der Waals surface area contributed by atoms with Crippen molar-refractivity contribution in [3.05, 3.63) is 66.2 Å². The van der Waals surface area contributed by atoms with Gasteiger partial charge in [-0.1, -0.05) is 48.5 Å². The molecular formula is C17H21NO2. The van der Waals surface area contributed by atoms with Gasteiger partial charge < -0.3 is 15.2 Å². The van der Waals surface area contributed by atoms with E-state index in [0.29, 0.717) is 13.2 Å². The molecule has 0 aliphatic carbocycles. The number of para-hydroxylation sites is 1. The molecule has 0 amide bonds. The second-order valence-corrected chi connectivity index (χ2v) is 4.82. The highest BCUT2D eigenvalue weighted by molar-refractivity contribution is 5.21. The maximum Gasteiger partial charge on any atom is 0.119 e. The number of aliphatic hydroxyl groups is 1. The van der Waals surface area contributed by atoms with Crippen LogP contribution in [0.15, 0.2) is 60.7 Å². The highest BCUT2D eigenvalue weighted by atomic mass is 16.5. The van der Waals surface area contributed by atoms with E-state index in [-0.39, 0.29) is 6.04 Å². The molecule has 106 valence electrons. The molecule has 2 atom stereocenters. The fourth-order valence-corrected chi connectivity index (χ4v) is 1.94. The molecule has 0 heterocycles. The molecule has 3 nitrogen and oxygen atoms in total. The van der Waals surface area contributed by atoms with E-state index in [2.05, 4.69) is 24.4 Å². The van der Waals surface area contributed by atoms with Gasteiger partial charge in [0.05, 0.1) is 0 Å². The van der Waals surface area contributed by atoms with E-state index in [4.69, 9.17) is 4.74 Å². The van der Waals surface area contributed by atoms with E-state index >= 15 is 0 Å². The first kappa shape index (κ1) is 14.6. The second-order valence-electron chi connectivity index (χ2n) is 4.82. The van der Waals surface area contributed by atoms with Gasteiger partial charge in [0.2, 0.25) is 0 Å². The number of ether oxygens (including phenoxy) is 1. The van der Waals surface area contributed by atoms with Crippen molar-refractivity contribution in [1.29, 1.82) is 0 Å². The Kier molecular flexibility index (Phi) is 5.59. The van der Waals surface area contributed by atoms with Gasteiger partial charge in [0.25, 0.3) is 0 Å². The van der Waals surface area contributed by atoms with Crippen LogP contribution >= 0.6 is 0 Å². The van der Waals surface area contributed by atoms with E-state index < -0.39 is 6.10 Å². The van der Waals surface area contributed by atoms with Crippen LogP contribution in [0.2, 0.25) is 0 Å². The highest BCUT2D eigenvalue weighted by Crippen LogP contribution is 2.11. The zero-order valence-corrected chi connectivity index (χ0v) is 11.7. The molecule has 2 rings (SSSR count). The molecule has 0 aromatic heterocycles. The van der Waals surface area contributed by atoms with Gasteiger partial charge in [-0.2, -0.15) is 0 Å². The van der Waals surface area contributed by atoms with Crippen LogP contribution in [0.5, 0.6) is 5.75 Å². The minimum atomic E-state index is -0.527. The number of benzene rings is 2. The second kappa shape index (κ2) is 7.68. The van der Waals surface area contributed by atoms with Gasteiger partial charge in [-0.05, 0) is 24.6 Å². The number of rotatable bonds is 7. The van der Waals surface area contributed by atoms with Crippen molar-refractivity contribution in [3.63, 3.8) is 0 Å². The molecule has 0 fully saturated rings. The predicted octanol–water partition coefficient (Wildman–Crippen LogP) is 2.78. The molecule has 0 saturated carbocycles. The summed E-state index contributed by atoms with van der Waals surface area (Å²) in [5.74, 6) is 0.780. The van der Waals surface area contributed by atoms with Crippen molar-refractivity contribution in [1.82, 2.24) is 5.32 Å². The number of nitrogens with one attached hydrogen (secondary N) is 1. The molecule has 0 spiro atoms. The first-order valence-electron chi connectivity index (χ1n) is 6.90. The quantitative estimate of drug-likeness (QED) is 0.813. The number of aliphatic hydroxyl groups excluding tert-OH is 1. The van der Waals surface area contributed by atoms with Crippen LogP contribution in [0.4, 0.5) is 0 Å². The molecule has 0 saturated heterocycles. The fourth-order valence-electron chi connectivity index (χ4n) is 1.94. The first-order chi connectivity index (χ1) is 9.75. The van der Waals surface area contributed by atoms with Crippen LogP contribution in [-0.4, -0.2) is 24.4 Å². The fraction of sp³-hybridized carbons (Fsp3) is 0.294. The summed E-state index contributed by atoms with van der Waals surface area (Å²) in [6.07, 6.45) is -0.527. The minimum absolute atomic E-state index is 0.211. The number of hydrogen-bond acceptors (Lipinski definition) is 3. The Balaban J connectivity index is 1.71. The smallest absolute Gasteiger partial charge is 0.119 e. The van der Waals surface area contributed by atoms with E-state index in [1.54, 1.807) is 0 Å².